The number of hydrogen-bond acceptors (Lipinski definition) is 3. The molecule has 0 saturated carbocycles. The normalized spacial score (nSPS) is 15.3. The Morgan fingerprint density at radius 3 is 1.79 bits per heavy atom. The maximum Gasteiger partial charge on any atom is 0.410 e. The van der Waals surface area contributed by atoms with Crippen molar-refractivity contribution < 1.29 is 58.5 Å². The van der Waals surface area contributed by atoms with Gasteiger partial charge in [-0.3, -0.25) is 0 Å². The molecule has 0 aliphatic carbocycles. The molecular formula is C15H12F10O3. The first kappa shape index (κ1) is 24.0. The van der Waals surface area contributed by atoms with Crippen LogP contribution in [0.4, 0.5) is 43.9 Å². The second-order valence-corrected chi connectivity index (χ2v) is 5.45. The summed E-state index contributed by atoms with van der Waals surface area (Å²) in [6.07, 6.45) is -3.76. The summed E-state index contributed by atoms with van der Waals surface area (Å²) in [5.41, 5.74) is -1.08. The van der Waals surface area contributed by atoms with Crippen molar-refractivity contribution in [2.75, 3.05) is 6.61 Å². The quantitative estimate of drug-likeness (QED) is 0.490. The standard InChI is InChI=1S/C15H12F10O3/c1-2-28-10(27)12(18,19)14(22,23)15(24,25)13(20,21)11(16,17)9(26)8-6-4-3-5-7-8/h3-7,9,26H,2H2,1H3. The van der Waals surface area contributed by atoms with Crippen LogP contribution in [0.15, 0.2) is 30.3 Å². The van der Waals surface area contributed by atoms with Crippen molar-refractivity contribution in [2.24, 2.45) is 0 Å². The maximum absolute atomic E-state index is 13.9. The summed E-state index contributed by atoms with van der Waals surface area (Å²) in [5, 5.41) is 9.32. The second kappa shape index (κ2) is 7.41. The number of benzene rings is 1. The SMILES string of the molecule is CCOC(=O)C(F)(F)C(F)(F)C(F)(F)C(F)(F)C(F)(F)C(O)c1ccccc1. The van der Waals surface area contributed by atoms with E-state index in [2.05, 4.69) is 4.74 Å². The molecule has 0 aliphatic heterocycles. The highest BCUT2D eigenvalue weighted by atomic mass is 19.4. The smallest absolute Gasteiger partial charge is 0.410 e. The van der Waals surface area contributed by atoms with Crippen molar-refractivity contribution >= 4 is 5.97 Å². The van der Waals surface area contributed by atoms with Crippen LogP contribution in [0.25, 0.3) is 0 Å². The van der Waals surface area contributed by atoms with Gasteiger partial charge in [0.05, 0.1) is 6.61 Å². The first-order valence-corrected chi connectivity index (χ1v) is 7.29. The van der Waals surface area contributed by atoms with Crippen molar-refractivity contribution in [1.82, 2.24) is 0 Å². The fourth-order valence-electron chi connectivity index (χ4n) is 1.97. The lowest BCUT2D eigenvalue weighted by molar-refractivity contribution is -0.406. The number of aliphatic hydroxyl groups excluding tert-OH is 1. The molecule has 28 heavy (non-hydrogen) atoms. The van der Waals surface area contributed by atoms with Gasteiger partial charge in [-0.15, -0.1) is 0 Å². The summed E-state index contributed by atoms with van der Waals surface area (Å²) in [4.78, 5) is 10.8. The summed E-state index contributed by atoms with van der Waals surface area (Å²) in [6, 6.07) is 4.17. The Kier molecular flexibility index (Phi) is 6.35. The monoisotopic (exact) mass is 430 g/mol. The molecule has 3 nitrogen and oxygen atoms in total. The van der Waals surface area contributed by atoms with Gasteiger partial charge in [0, 0.05) is 0 Å². The molecule has 1 aromatic rings. The first-order chi connectivity index (χ1) is 12.5. The van der Waals surface area contributed by atoms with E-state index in [1.54, 1.807) is 0 Å². The third kappa shape index (κ3) is 3.40. The molecule has 0 spiro atoms. The maximum atomic E-state index is 13.9. The van der Waals surface area contributed by atoms with E-state index in [0.717, 1.165) is 25.1 Å². The van der Waals surface area contributed by atoms with E-state index in [1.807, 2.05) is 0 Å². The lowest BCUT2D eigenvalue weighted by Gasteiger charge is -2.39. The van der Waals surface area contributed by atoms with Crippen LogP contribution < -0.4 is 0 Å². The Balaban J connectivity index is 3.45. The Morgan fingerprint density at radius 1 is 0.893 bits per heavy atom. The highest BCUT2D eigenvalue weighted by molar-refractivity contribution is 5.79. The average Bonchev–Trinajstić information content (AvgIpc) is 2.61. The van der Waals surface area contributed by atoms with Gasteiger partial charge < -0.3 is 9.84 Å². The molecule has 0 amide bonds. The predicted octanol–water partition coefficient (Wildman–Crippen LogP) is 4.46. The van der Waals surface area contributed by atoms with E-state index in [1.165, 1.54) is 0 Å². The van der Waals surface area contributed by atoms with E-state index in [4.69, 9.17) is 0 Å². The van der Waals surface area contributed by atoms with Crippen LogP contribution in [0.3, 0.4) is 0 Å². The Hall–Kier alpha value is -2.05. The average molecular weight is 430 g/mol. The number of aliphatic hydroxyl groups is 1. The van der Waals surface area contributed by atoms with Gasteiger partial charge in [-0.05, 0) is 12.5 Å². The van der Waals surface area contributed by atoms with Crippen LogP contribution in [0.1, 0.15) is 18.6 Å². The topological polar surface area (TPSA) is 46.5 Å². The van der Waals surface area contributed by atoms with Gasteiger partial charge in [0.2, 0.25) is 0 Å². The number of halogens is 10. The van der Waals surface area contributed by atoms with E-state index in [-0.39, 0.29) is 0 Å². The number of rotatable bonds is 8. The largest absolute Gasteiger partial charge is 0.461 e. The van der Waals surface area contributed by atoms with Crippen molar-refractivity contribution in [3.05, 3.63) is 35.9 Å². The number of carbonyl (C=O) groups excluding carboxylic acids is 1. The lowest BCUT2D eigenvalue weighted by Crippen LogP contribution is -2.69. The molecule has 0 heterocycles. The highest BCUT2D eigenvalue weighted by Gasteiger charge is 2.88. The first-order valence-electron chi connectivity index (χ1n) is 7.29. The Labute approximate surface area is 150 Å². The van der Waals surface area contributed by atoms with Crippen LogP contribution in [-0.2, 0) is 9.53 Å². The molecule has 0 aromatic heterocycles. The molecule has 1 aromatic carbocycles. The number of hydrogen-bond donors (Lipinski definition) is 1. The summed E-state index contributed by atoms with van der Waals surface area (Å²) in [7, 11) is 0. The molecule has 0 saturated heterocycles. The molecular weight excluding hydrogens is 418 g/mol. The number of carbonyl (C=O) groups is 1. The molecule has 13 heteroatoms. The van der Waals surface area contributed by atoms with Gasteiger partial charge in [-0.2, -0.15) is 43.9 Å². The van der Waals surface area contributed by atoms with Gasteiger partial charge >= 0.3 is 35.6 Å². The second-order valence-electron chi connectivity index (χ2n) is 5.45. The Bertz CT molecular complexity index is 691. The van der Waals surface area contributed by atoms with Crippen molar-refractivity contribution in [2.45, 2.75) is 42.6 Å². The third-order valence-electron chi connectivity index (χ3n) is 3.59. The van der Waals surface area contributed by atoms with E-state index in [9.17, 15) is 53.8 Å². The third-order valence-corrected chi connectivity index (χ3v) is 3.59. The molecule has 1 atom stereocenters. The van der Waals surface area contributed by atoms with E-state index >= 15 is 0 Å². The zero-order chi connectivity index (χ0) is 22.2. The van der Waals surface area contributed by atoms with Crippen molar-refractivity contribution in [3.8, 4) is 0 Å². The zero-order valence-corrected chi connectivity index (χ0v) is 13.7. The Morgan fingerprint density at radius 2 is 1.36 bits per heavy atom. The van der Waals surface area contributed by atoms with Crippen LogP contribution in [-0.4, -0.2) is 47.3 Å². The van der Waals surface area contributed by atoms with E-state index in [0.29, 0.717) is 12.1 Å². The molecule has 0 fully saturated rings. The highest BCUT2D eigenvalue weighted by Crippen LogP contribution is 2.59. The van der Waals surface area contributed by atoms with Crippen LogP contribution in [0.2, 0.25) is 0 Å². The van der Waals surface area contributed by atoms with Crippen molar-refractivity contribution in [3.63, 3.8) is 0 Å². The minimum Gasteiger partial charge on any atom is -0.461 e. The minimum absolute atomic E-state index is 0.582. The van der Waals surface area contributed by atoms with Gasteiger partial charge in [0.1, 0.15) is 6.10 Å². The van der Waals surface area contributed by atoms with Gasteiger partial charge in [-0.1, -0.05) is 30.3 Å². The number of alkyl halides is 10. The molecule has 0 bridgehead atoms. The van der Waals surface area contributed by atoms with Gasteiger partial charge in [0.25, 0.3) is 0 Å². The van der Waals surface area contributed by atoms with Crippen LogP contribution in [0.5, 0.6) is 0 Å². The summed E-state index contributed by atoms with van der Waals surface area (Å²) >= 11 is 0. The summed E-state index contributed by atoms with van der Waals surface area (Å²) in [6.45, 7) is -0.210. The molecule has 160 valence electrons. The molecule has 1 N–H and O–H groups in total. The molecule has 1 unspecified atom stereocenters. The minimum atomic E-state index is -7.48. The van der Waals surface area contributed by atoms with Gasteiger partial charge in [-0.25, -0.2) is 4.79 Å². The number of ether oxygens (including phenoxy) is 1. The summed E-state index contributed by atoms with van der Waals surface area (Å²) in [5.74, 6) is -38.2. The molecule has 0 radical (unpaired) electrons. The molecule has 1 rings (SSSR count). The van der Waals surface area contributed by atoms with Crippen LogP contribution in [0, 0.1) is 0 Å². The summed E-state index contributed by atoms with van der Waals surface area (Å²) < 4.78 is 140. The van der Waals surface area contributed by atoms with Crippen LogP contribution >= 0.6 is 0 Å². The number of esters is 1. The predicted molar refractivity (Wildman–Crippen MR) is 72.8 cm³/mol. The fourth-order valence-corrected chi connectivity index (χ4v) is 1.97. The zero-order valence-electron chi connectivity index (χ0n) is 13.7. The molecule has 0 aliphatic rings. The van der Waals surface area contributed by atoms with Gasteiger partial charge in [0.15, 0.2) is 0 Å². The lowest BCUT2D eigenvalue weighted by atomic mass is 9.89. The van der Waals surface area contributed by atoms with Crippen molar-refractivity contribution in [1.29, 1.82) is 0 Å². The fraction of sp³-hybridized carbons (Fsp3) is 0.533. The van der Waals surface area contributed by atoms with E-state index < -0.39 is 53.9 Å².